The van der Waals surface area contributed by atoms with Gasteiger partial charge in [-0.1, -0.05) is 108 Å². The number of pyridine rings is 1. The Kier molecular flexibility index (Phi) is 9.86. The summed E-state index contributed by atoms with van der Waals surface area (Å²) in [6.45, 7) is 17.8. The summed E-state index contributed by atoms with van der Waals surface area (Å²) in [7, 11) is 0. The van der Waals surface area contributed by atoms with E-state index in [2.05, 4.69) is 197 Å². The minimum atomic E-state index is -0.0229. The van der Waals surface area contributed by atoms with E-state index in [0.717, 1.165) is 45.0 Å². The number of ether oxygens (including phenoxy) is 1. The Bertz CT molecular complexity index is 2760. The summed E-state index contributed by atoms with van der Waals surface area (Å²) in [5, 5.41) is 2.28. The number of hydrogen-bond acceptors (Lipinski definition) is 4. The van der Waals surface area contributed by atoms with Gasteiger partial charge in [0.05, 0.1) is 0 Å². The summed E-state index contributed by atoms with van der Waals surface area (Å²) in [6.07, 6.45) is 1.91. The van der Waals surface area contributed by atoms with Gasteiger partial charge in [-0.05, 0) is 93.4 Å². The predicted molar refractivity (Wildman–Crippen MR) is 232 cm³/mol. The Labute approximate surface area is 350 Å². The van der Waals surface area contributed by atoms with Crippen LogP contribution in [0.4, 0.5) is 22.7 Å². The van der Waals surface area contributed by atoms with Crippen LogP contribution in [-0.2, 0) is 31.9 Å². The minimum absolute atomic E-state index is 0. The molecule has 0 bridgehead atoms. The van der Waals surface area contributed by atoms with Crippen LogP contribution in [0.1, 0.15) is 58.2 Å². The van der Waals surface area contributed by atoms with Gasteiger partial charge in [0.15, 0.2) is 0 Å². The second kappa shape index (κ2) is 14.7. The van der Waals surface area contributed by atoms with Gasteiger partial charge >= 0.3 is 0 Å². The molecule has 0 unspecified atom stereocenters. The van der Waals surface area contributed by atoms with Crippen LogP contribution < -0.4 is 14.5 Å². The van der Waals surface area contributed by atoms with Crippen molar-refractivity contribution >= 4 is 44.6 Å². The average molecular weight is 925 g/mol. The van der Waals surface area contributed by atoms with Crippen LogP contribution in [0.5, 0.6) is 11.5 Å². The largest absolute Gasteiger partial charge is 0.509 e. The summed E-state index contributed by atoms with van der Waals surface area (Å²) >= 11 is 0. The maximum atomic E-state index is 6.60. The number of anilines is 4. The van der Waals surface area contributed by atoms with E-state index in [0.29, 0.717) is 11.5 Å². The zero-order valence-electron chi connectivity index (χ0n) is 33.4. The van der Waals surface area contributed by atoms with Gasteiger partial charge in [-0.15, -0.1) is 48.1 Å². The number of benzene rings is 6. The van der Waals surface area contributed by atoms with E-state index < -0.39 is 0 Å². The minimum Gasteiger partial charge on any atom is -0.509 e. The monoisotopic (exact) mass is 924 g/mol. The molecule has 0 spiro atoms. The van der Waals surface area contributed by atoms with Crippen LogP contribution in [0, 0.1) is 25.7 Å². The fraction of sp³-hybridized carbons (Fsp3) is 0.176. The molecule has 2 aromatic heterocycles. The standard InChI is InChI=1S/C51H45N4O.Pt/c1-34-28-39(21-23-42(34)35-14-9-8-10-15-35)54-33-53(46-18-11-12-19-47(46)54)38-16-13-17-40(31-38)56-41-22-24-43-44-29-36(50(2,3)4)20-25-45(44)55(48(43)32-41)49-30-37(26-27-52-49)51(5,6)7;/h8-30,33H,1-7H3;/q-3;. The van der Waals surface area contributed by atoms with Gasteiger partial charge in [0.1, 0.15) is 5.82 Å². The number of hydrogen-bond donors (Lipinski definition) is 0. The Hall–Kier alpha value is -5.64. The van der Waals surface area contributed by atoms with E-state index >= 15 is 0 Å². The smallest absolute Gasteiger partial charge is 0.135 e. The maximum Gasteiger partial charge on any atom is 0.135 e. The van der Waals surface area contributed by atoms with Crippen LogP contribution in [-0.4, -0.2) is 9.55 Å². The number of fused-ring (bicyclic) bond motifs is 4. The van der Waals surface area contributed by atoms with Gasteiger partial charge < -0.3 is 19.1 Å². The Balaban J connectivity index is 0.00000455. The first-order valence-electron chi connectivity index (χ1n) is 19.3. The van der Waals surface area contributed by atoms with E-state index in [1.165, 1.54) is 33.2 Å². The molecule has 0 saturated carbocycles. The van der Waals surface area contributed by atoms with Crippen molar-refractivity contribution in [2.75, 3.05) is 9.80 Å². The number of rotatable bonds is 6. The molecule has 0 fully saturated rings. The Morgan fingerprint density at radius 3 is 2.05 bits per heavy atom. The number of para-hydroxylation sites is 2. The third-order valence-electron chi connectivity index (χ3n) is 10.8. The second-order valence-electron chi connectivity index (χ2n) is 16.8. The summed E-state index contributed by atoms with van der Waals surface area (Å²) in [4.78, 5) is 9.31. The topological polar surface area (TPSA) is 33.5 Å². The van der Waals surface area contributed by atoms with Crippen molar-refractivity contribution < 1.29 is 25.8 Å². The molecular weight excluding hydrogens is 880 g/mol. The number of nitrogens with zero attached hydrogens (tertiary/aromatic N) is 4. The molecule has 8 aromatic rings. The molecule has 0 radical (unpaired) electrons. The number of aryl methyl sites for hydroxylation is 1. The van der Waals surface area contributed by atoms with E-state index in [9.17, 15) is 0 Å². The third kappa shape index (κ3) is 7.15. The van der Waals surface area contributed by atoms with Gasteiger partial charge in [-0.3, -0.25) is 0 Å². The molecule has 0 saturated heterocycles. The molecule has 3 heterocycles. The summed E-state index contributed by atoms with van der Waals surface area (Å²) in [5.41, 5.74) is 12.3. The SMILES string of the molecule is Cc1cc(N2[CH-]N(c3[c-]c(Oc4[c-]c5c(cc4)c4cc(C(C)(C)C)ccc4n5-c4cc(C(C)(C)C)ccn4)ccc3)c3ccccc32)ccc1-c1ccccc1.[Pt]. The molecule has 0 N–H and O–H groups in total. The summed E-state index contributed by atoms with van der Waals surface area (Å²) in [5.74, 6) is 2.08. The third-order valence-corrected chi connectivity index (χ3v) is 10.8. The summed E-state index contributed by atoms with van der Waals surface area (Å²) in [6, 6.07) is 54.2. The molecule has 288 valence electrons. The van der Waals surface area contributed by atoms with Gasteiger partial charge in [0.25, 0.3) is 0 Å². The average Bonchev–Trinajstić information content (AvgIpc) is 3.73. The van der Waals surface area contributed by atoms with Crippen molar-refractivity contribution in [3.8, 4) is 28.4 Å². The van der Waals surface area contributed by atoms with Crippen LogP contribution >= 0.6 is 0 Å². The van der Waals surface area contributed by atoms with Crippen LogP contribution in [0.15, 0.2) is 140 Å². The molecule has 6 heteroatoms. The van der Waals surface area contributed by atoms with Crippen molar-refractivity contribution in [3.05, 3.63) is 175 Å². The van der Waals surface area contributed by atoms with Crippen LogP contribution in [0.2, 0.25) is 0 Å². The Morgan fingerprint density at radius 1 is 0.614 bits per heavy atom. The maximum absolute atomic E-state index is 6.60. The fourth-order valence-corrected chi connectivity index (χ4v) is 7.70. The van der Waals surface area contributed by atoms with Crippen molar-refractivity contribution in [3.63, 3.8) is 0 Å². The predicted octanol–water partition coefficient (Wildman–Crippen LogP) is 13.5. The normalized spacial score (nSPS) is 12.9. The van der Waals surface area contributed by atoms with E-state index in [1.54, 1.807) is 0 Å². The zero-order valence-corrected chi connectivity index (χ0v) is 35.6. The van der Waals surface area contributed by atoms with Crippen molar-refractivity contribution in [1.29, 1.82) is 0 Å². The first-order chi connectivity index (χ1) is 26.9. The first kappa shape index (κ1) is 38.2. The molecule has 0 aliphatic carbocycles. The van der Waals surface area contributed by atoms with Crippen LogP contribution in [0.25, 0.3) is 38.8 Å². The number of aromatic nitrogens is 2. The molecule has 6 aromatic carbocycles. The van der Waals surface area contributed by atoms with Crippen molar-refractivity contribution in [2.45, 2.75) is 59.3 Å². The second-order valence-corrected chi connectivity index (χ2v) is 16.8. The first-order valence-corrected chi connectivity index (χ1v) is 19.3. The van der Waals surface area contributed by atoms with Gasteiger partial charge in [0, 0.05) is 61.3 Å². The van der Waals surface area contributed by atoms with Crippen molar-refractivity contribution in [1.82, 2.24) is 9.55 Å². The fourth-order valence-electron chi connectivity index (χ4n) is 7.70. The van der Waals surface area contributed by atoms with E-state index in [4.69, 9.17) is 9.72 Å². The molecular formula is C51H45N4OPt-3. The molecule has 0 amide bonds. The van der Waals surface area contributed by atoms with E-state index in [1.807, 2.05) is 24.4 Å². The molecule has 5 nitrogen and oxygen atoms in total. The molecule has 1 aliphatic heterocycles. The van der Waals surface area contributed by atoms with Gasteiger partial charge in [0.2, 0.25) is 0 Å². The van der Waals surface area contributed by atoms with Gasteiger partial charge in [-0.25, -0.2) is 4.98 Å². The molecule has 0 atom stereocenters. The zero-order chi connectivity index (χ0) is 38.8. The quantitative estimate of drug-likeness (QED) is 0.156. The Morgan fingerprint density at radius 2 is 1.32 bits per heavy atom. The molecule has 57 heavy (non-hydrogen) atoms. The van der Waals surface area contributed by atoms with Crippen molar-refractivity contribution in [2.24, 2.45) is 0 Å². The van der Waals surface area contributed by atoms with E-state index in [-0.39, 0.29) is 31.9 Å². The molecule has 9 rings (SSSR count). The van der Waals surface area contributed by atoms with Gasteiger partial charge in [-0.2, -0.15) is 12.1 Å². The summed E-state index contributed by atoms with van der Waals surface area (Å²) < 4.78 is 8.82. The molecule has 1 aliphatic rings. The van der Waals surface area contributed by atoms with Crippen LogP contribution in [0.3, 0.4) is 0 Å².